The predicted octanol–water partition coefficient (Wildman–Crippen LogP) is -0.293. The van der Waals surface area contributed by atoms with Gasteiger partial charge in [-0.05, 0) is 18.8 Å². The third-order valence-electron chi connectivity index (χ3n) is 3.15. The van der Waals surface area contributed by atoms with E-state index in [4.69, 9.17) is 13.0 Å². The second-order valence-corrected chi connectivity index (χ2v) is 3.62. The van der Waals surface area contributed by atoms with Crippen molar-refractivity contribution in [3.05, 3.63) is 0 Å². The van der Waals surface area contributed by atoms with E-state index in [1.165, 1.54) is 0 Å². The zero-order valence-corrected chi connectivity index (χ0v) is 5.83. The first-order valence-corrected chi connectivity index (χ1v) is 3.75. The van der Waals surface area contributed by atoms with Gasteiger partial charge < -0.3 is 10.2 Å². The van der Waals surface area contributed by atoms with Crippen LogP contribution in [0.25, 0.3) is 0 Å². The summed E-state index contributed by atoms with van der Waals surface area (Å²) in [5.74, 6) is 0.523. The van der Waals surface area contributed by atoms with Crippen LogP contribution in [0.5, 0.6) is 0 Å². The van der Waals surface area contributed by atoms with Gasteiger partial charge in [-0.3, -0.25) is 0 Å². The Labute approximate surface area is 61.7 Å². The first-order chi connectivity index (χ1) is 4.70. The van der Waals surface area contributed by atoms with Gasteiger partial charge in [0.1, 0.15) is 0 Å². The summed E-state index contributed by atoms with van der Waals surface area (Å²) < 4.78 is 0. The topological polar surface area (TPSA) is 40.5 Å². The van der Waals surface area contributed by atoms with E-state index >= 15 is 0 Å². The molecule has 10 heavy (non-hydrogen) atoms. The van der Waals surface area contributed by atoms with E-state index in [1.807, 2.05) is 0 Å². The lowest BCUT2D eigenvalue weighted by Crippen LogP contribution is -2.22. The Kier molecular flexibility index (Phi) is 1.18. The fourth-order valence-corrected chi connectivity index (χ4v) is 2.26. The van der Waals surface area contributed by atoms with Crippen LogP contribution in [0, 0.1) is 11.3 Å². The maximum atomic E-state index is 9.42. The minimum atomic E-state index is -0.350. The average molecular weight is 138 g/mol. The van der Waals surface area contributed by atoms with Crippen LogP contribution in [-0.2, 0) is 0 Å². The zero-order chi connectivity index (χ0) is 7.35. The van der Waals surface area contributed by atoms with Crippen LogP contribution in [0.15, 0.2) is 0 Å². The average Bonchev–Trinajstić information content (AvgIpc) is 2.57. The minimum Gasteiger partial charge on any atom is -0.396 e. The summed E-state index contributed by atoms with van der Waals surface area (Å²) in [6.07, 6.45) is 1.24. The summed E-state index contributed by atoms with van der Waals surface area (Å²) in [5.41, 5.74) is -0.181. The molecule has 0 saturated heterocycles. The standard InChI is InChI=1S/C7H11BO2/c8-5-1-6(10)7(3-9)2-4(5)7/h4-6,9-10H,1-3H2/t4?,5-,6-,7+/m0/s1. The molecule has 2 aliphatic rings. The van der Waals surface area contributed by atoms with Crippen molar-refractivity contribution in [1.82, 2.24) is 0 Å². The quantitative estimate of drug-likeness (QED) is 0.488. The number of rotatable bonds is 1. The lowest BCUT2D eigenvalue weighted by molar-refractivity contribution is 0.0612. The molecular formula is C7H11BO2. The molecule has 0 amide bonds. The molecule has 0 spiro atoms. The van der Waals surface area contributed by atoms with Crippen LogP contribution in [0.3, 0.4) is 0 Å². The molecule has 2 nitrogen and oxygen atoms in total. The summed E-state index contributed by atoms with van der Waals surface area (Å²) in [7, 11) is 5.70. The van der Waals surface area contributed by atoms with E-state index in [0.29, 0.717) is 12.3 Å². The van der Waals surface area contributed by atoms with Crippen molar-refractivity contribution in [3.63, 3.8) is 0 Å². The van der Waals surface area contributed by atoms with Gasteiger partial charge in [0.05, 0.1) is 20.6 Å². The number of hydrogen-bond donors (Lipinski definition) is 2. The predicted molar refractivity (Wildman–Crippen MR) is 37.8 cm³/mol. The maximum Gasteiger partial charge on any atom is 0.0704 e. The lowest BCUT2D eigenvalue weighted by Gasteiger charge is -2.14. The van der Waals surface area contributed by atoms with Gasteiger partial charge in [0.2, 0.25) is 0 Å². The second-order valence-electron chi connectivity index (χ2n) is 3.62. The molecular weight excluding hydrogens is 127 g/mol. The van der Waals surface area contributed by atoms with Crippen molar-refractivity contribution in [2.45, 2.75) is 24.8 Å². The van der Waals surface area contributed by atoms with Crippen LogP contribution >= 0.6 is 0 Å². The highest BCUT2D eigenvalue weighted by Gasteiger charge is 2.64. The Bertz CT molecular complexity index is 158. The van der Waals surface area contributed by atoms with E-state index < -0.39 is 0 Å². The fraction of sp³-hybridized carbons (Fsp3) is 1.00. The summed E-state index contributed by atoms with van der Waals surface area (Å²) in [5, 5.41) is 18.4. The number of aliphatic hydroxyl groups is 2. The summed E-state index contributed by atoms with van der Waals surface area (Å²) in [4.78, 5) is 0. The Morgan fingerprint density at radius 3 is 2.50 bits per heavy atom. The van der Waals surface area contributed by atoms with Crippen molar-refractivity contribution in [2.24, 2.45) is 11.3 Å². The van der Waals surface area contributed by atoms with Crippen LogP contribution in [-0.4, -0.2) is 30.8 Å². The van der Waals surface area contributed by atoms with Crippen molar-refractivity contribution in [3.8, 4) is 0 Å². The molecule has 54 valence electrons. The molecule has 0 aromatic heterocycles. The molecule has 2 aliphatic carbocycles. The first-order valence-electron chi connectivity index (χ1n) is 3.75. The molecule has 2 saturated carbocycles. The molecule has 0 aromatic carbocycles. The Morgan fingerprint density at radius 1 is 1.60 bits per heavy atom. The Balaban J connectivity index is 2.16. The molecule has 0 bridgehead atoms. The highest BCUT2D eigenvalue weighted by Crippen LogP contribution is 2.67. The van der Waals surface area contributed by atoms with Gasteiger partial charge in [-0.2, -0.15) is 0 Å². The fourth-order valence-electron chi connectivity index (χ4n) is 2.26. The SMILES string of the molecule is [B][C@H]1C[C@H](O)[C@@]2(CO)CC12. The Hall–Kier alpha value is -0.0151. The summed E-state index contributed by atoms with van der Waals surface area (Å²) in [6.45, 7) is 0.104. The van der Waals surface area contributed by atoms with Crippen LogP contribution in [0.1, 0.15) is 12.8 Å². The van der Waals surface area contributed by atoms with Gasteiger partial charge in [0, 0.05) is 5.41 Å². The van der Waals surface area contributed by atoms with Gasteiger partial charge >= 0.3 is 0 Å². The van der Waals surface area contributed by atoms with Crippen molar-refractivity contribution >= 4 is 7.85 Å². The highest BCUT2D eigenvalue weighted by atomic mass is 16.3. The maximum absolute atomic E-state index is 9.42. The van der Waals surface area contributed by atoms with Gasteiger partial charge in [-0.25, -0.2) is 0 Å². The third-order valence-corrected chi connectivity index (χ3v) is 3.15. The van der Waals surface area contributed by atoms with Gasteiger partial charge in [0.15, 0.2) is 0 Å². The largest absolute Gasteiger partial charge is 0.396 e. The minimum absolute atomic E-state index is 0.104. The van der Waals surface area contributed by atoms with E-state index in [0.717, 1.165) is 6.42 Å². The monoisotopic (exact) mass is 138 g/mol. The van der Waals surface area contributed by atoms with Gasteiger partial charge in [-0.1, -0.05) is 5.82 Å². The zero-order valence-electron chi connectivity index (χ0n) is 5.83. The van der Waals surface area contributed by atoms with E-state index in [-0.39, 0.29) is 23.9 Å². The van der Waals surface area contributed by atoms with Gasteiger partial charge in [0.25, 0.3) is 0 Å². The van der Waals surface area contributed by atoms with Crippen molar-refractivity contribution in [1.29, 1.82) is 0 Å². The molecule has 2 N–H and O–H groups in total. The number of aliphatic hydroxyl groups excluding tert-OH is 2. The number of hydrogen-bond acceptors (Lipinski definition) is 2. The molecule has 2 radical (unpaired) electrons. The molecule has 0 heterocycles. The summed E-state index contributed by atoms with van der Waals surface area (Å²) >= 11 is 0. The number of fused-ring (bicyclic) bond motifs is 1. The van der Waals surface area contributed by atoms with Crippen LogP contribution < -0.4 is 0 Å². The van der Waals surface area contributed by atoms with E-state index in [1.54, 1.807) is 0 Å². The molecule has 2 fully saturated rings. The Morgan fingerprint density at radius 2 is 2.30 bits per heavy atom. The molecule has 3 heteroatoms. The molecule has 1 unspecified atom stereocenters. The highest BCUT2D eigenvalue weighted by molar-refractivity contribution is 6.12. The normalized spacial score (nSPS) is 58.4. The van der Waals surface area contributed by atoms with Crippen molar-refractivity contribution in [2.75, 3.05) is 6.61 Å². The van der Waals surface area contributed by atoms with Gasteiger partial charge in [-0.15, -0.1) is 0 Å². The molecule has 0 aliphatic heterocycles. The molecule has 0 aromatic rings. The van der Waals surface area contributed by atoms with Crippen LogP contribution in [0.2, 0.25) is 5.82 Å². The van der Waals surface area contributed by atoms with E-state index in [9.17, 15) is 5.11 Å². The lowest BCUT2D eigenvalue weighted by atomic mass is 9.83. The molecule has 4 atom stereocenters. The third kappa shape index (κ3) is 0.577. The summed E-state index contributed by atoms with van der Waals surface area (Å²) in [6, 6.07) is 0. The van der Waals surface area contributed by atoms with E-state index in [2.05, 4.69) is 0 Å². The second kappa shape index (κ2) is 1.77. The van der Waals surface area contributed by atoms with Crippen molar-refractivity contribution < 1.29 is 10.2 Å². The smallest absolute Gasteiger partial charge is 0.0704 e. The molecule has 2 rings (SSSR count). The van der Waals surface area contributed by atoms with Crippen LogP contribution in [0.4, 0.5) is 0 Å². The first kappa shape index (κ1) is 6.68.